The molecule has 8 nitrogen and oxygen atoms in total. The lowest BCUT2D eigenvalue weighted by Gasteiger charge is -2.09. The molecule has 0 atom stereocenters. The van der Waals surface area contributed by atoms with E-state index in [-0.39, 0.29) is 18.7 Å². The maximum absolute atomic E-state index is 12.0. The Morgan fingerprint density at radius 3 is 2.22 bits per heavy atom. The number of carbonyl (C=O) groups is 4. The van der Waals surface area contributed by atoms with Gasteiger partial charge in [-0.05, 0) is 56.2 Å². The van der Waals surface area contributed by atoms with E-state index < -0.39 is 24.5 Å². The molecular formula is C24H28N2O6. The third-order valence-corrected chi connectivity index (χ3v) is 4.42. The predicted octanol–water partition coefficient (Wildman–Crippen LogP) is 3.77. The average molecular weight is 440 g/mol. The highest BCUT2D eigenvalue weighted by molar-refractivity contribution is 5.95. The SMILES string of the molecule is CCCOC(=O)c1ccc(NC(=O)COC(=O)CCC(=O)Nc2ccc(C)cc2C)cc1. The zero-order valence-corrected chi connectivity index (χ0v) is 18.5. The highest BCUT2D eigenvalue weighted by Crippen LogP contribution is 2.16. The summed E-state index contributed by atoms with van der Waals surface area (Å²) in [4.78, 5) is 47.6. The van der Waals surface area contributed by atoms with Crippen molar-refractivity contribution in [2.75, 3.05) is 23.8 Å². The lowest BCUT2D eigenvalue weighted by Crippen LogP contribution is -2.22. The van der Waals surface area contributed by atoms with E-state index in [1.807, 2.05) is 39.0 Å². The van der Waals surface area contributed by atoms with Crippen molar-refractivity contribution in [2.45, 2.75) is 40.0 Å². The number of benzene rings is 2. The minimum Gasteiger partial charge on any atom is -0.462 e. The molecule has 0 saturated carbocycles. The van der Waals surface area contributed by atoms with Gasteiger partial charge in [0.25, 0.3) is 5.91 Å². The van der Waals surface area contributed by atoms with Crippen LogP contribution >= 0.6 is 0 Å². The molecular weight excluding hydrogens is 412 g/mol. The van der Waals surface area contributed by atoms with Gasteiger partial charge < -0.3 is 20.1 Å². The van der Waals surface area contributed by atoms with Crippen molar-refractivity contribution in [3.8, 4) is 0 Å². The van der Waals surface area contributed by atoms with Crippen LogP contribution in [0.1, 0.15) is 47.7 Å². The normalized spacial score (nSPS) is 10.2. The molecule has 0 radical (unpaired) electrons. The molecule has 170 valence electrons. The first-order valence-corrected chi connectivity index (χ1v) is 10.4. The molecule has 2 aromatic rings. The third kappa shape index (κ3) is 8.22. The van der Waals surface area contributed by atoms with E-state index in [1.165, 1.54) is 12.1 Å². The Morgan fingerprint density at radius 1 is 0.844 bits per heavy atom. The molecule has 0 aromatic heterocycles. The van der Waals surface area contributed by atoms with Gasteiger partial charge in [-0.3, -0.25) is 14.4 Å². The number of nitrogens with one attached hydrogen (secondary N) is 2. The van der Waals surface area contributed by atoms with E-state index >= 15 is 0 Å². The first-order chi connectivity index (χ1) is 15.3. The van der Waals surface area contributed by atoms with E-state index in [9.17, 15) is 19.2 Å². The van der Waals surface area contributed by atoms with Crippen LogP contribution in [0.2, 0.25) is 0 Å². The number of rotatable bonds is 10. The lowest BCUT2D eigenvalue weighted by atomic mass is 10.1. The van der Waals surface area contributed by atoms with Gasteiger partial charge in [0.1, 0.15) is 0 Å². The Labute approximate surface area is 187 Å². The molecule has 2 N–H and O–H groups in total. The molecule has 0 heterocycles. The fourth-order valence-corrected chi connectivity index (χ4v) is 2.77. The fraction of sp³-hybridized carbons (Fsp3) is 0.333. The van der Waals surface area contributed by atoms with Crippen LogP contribution in [-0.4, -0.2) is 37.0 Å². The van der Waals surface area contributed by atoms with Crippen molar-refractivity contribution in [3.05, 3.63) is 59.2 Å². The standard InChI is InChI=1S/C24H28N2O6/c1-4-13-31-24(30)18-6-8-19(9-7-18)25-22(28)15-32-23(29)12-11-21(27)26-20-10-5-16(2)14-17(20)3/h5-10,14H,4,11-13,15H2,1-3H3,(H,25,28)(H,26,27). The summed E-state index contributed by atoms with van der Waals surface area (Å²) < 4.78 is 9.95. The number of hydrogen-bond acceptors (Lipinski definition) is 6. The maximum Gasteiger partial charge on any atom is 0.338 e. The summed E-state index contributed by atoms with van der Waals surface area (Å²) in [7, 11) is 0. The summed E-state index contributed by atoms with van der Waals surface area (Å²) in [6.07, 6.45) is 0.539. The third-order valence-electron chi connectivity index (χ3n) is 4.42. The number of aryl methyl sites for hydroxylation is 2. The molecule has 0 spiro atoms. The van der Waals surface area contributed by atoms with Crippen LogP contribution in [0.15, 0.2) is 42.5 Å². The summed E-state index contributed by atoms with van der Waals surface area (Å²) in [5.74, 6) is -1.92. The van der Waals surface area contributed by atoms with Crippen molar-refractivity contribution in [1.82, 2.24) is 0 Å². The molecule has 8 heteroatoms. The van der Waals surface area contributed by atoms with E-state index in [0.29, 0.717) is 23.5 Å². The van der Waals surface area contributed by atoms with Crippen LogP contribution in [0.3, 0.4) is 0 Å². The maximum atomic E-state index is 12.0. The Morgan fingerprint density at radius 2 is 1.56 bits per heavy atom. The van der Waals surface area contributed by atoms with Crippen LogP contribution in [0, 0.1) is 13.8 Å². The Balaban J connectivity index is 1.70. The minimum atomic E-state index is -0.648. The van der Waals surface area contributed by atoms with Crippen LogP contribution in [0.25, 0.3) is 0 Å². The van der Waals surface area contributed by atoms with Gasteiger partial charge in [0.15, 0.2) is 6.61 Å². The van der Waals surface area contributed by atoms with Gasteiger partial charge in [0.05, 0.1) is 18.6 Å². The number of carbonyl (C=O) groups excluding carboxylic acids is 4. The molecule has 2 amide bonds. The molecule has 0 fully saturated rings. The Kier molecular flexibility index (Phi) is 9.41. The van der Waals surface area contributed by atoms with Gasteiger partial charge in [-0.2, -0.15) is 0 Å². The Bertz CT molecular complexity index is 969. The second-order valence-corrected chi connectivity index (χ2v) is 7.29. The van der Waals surface area contributed by atoms with E-state index in [0.717, 1.165) is 17.5 Å². The van der Waals surface area contributed by atoms with Gasteiger partial charge in [0, 0.05) is 17.8 Å². The first-order valence-electron chi connectivity index (χ1n) is 10.4. The molecule has 2 rings (SSSR count). The number of ether oxygens (including phenoxy) is 2. The van der Waals surface area contributed by atoms with E-state index in [4.69, 9.17) is 9.47 Å². The molecule has 32 heavy (non-hydrogen) atoms. The quantitative estimate of drug-likeness (QED) is 0.544. The summed E-state index contributed by atoms with van der Waals surface area (Å²) in [5.41, 5.74) is 3.54. The van der Waals surface area contributed by atoms with Gasteiger partial charge in [-0.25, -0.2) is 4.79 Å². The van der Waals surface area contributed by atoms with Gasteiger partial charge >= 0.3 is 11.9 Å². The van der Waals surface area contributed by atoms with Crippen LogP contribution in [0.5, 0.6) is 0 Å². The number of esters is 2. The van der Waals surface area contributed by atoms with Crippen LogP contribution in [-0.2, 0) is 23.9 Å². The zero-order chi connectivity index (χ0) is 23.5. The summed E-state index contributed by atoms with van der Waals surface area (Å²) >= 11 is 0. The molecule has 0 aliphatic heterocycles. The van der Waals surface area contributed by atoms with Crippen LogP contribution in [0.4, 0.5) is 11.4 Å². The Hall–Kier alpha value is -3.68. The summed E-state index contributed by atoms with van der Waals surface area (Å²) in [6, 6.07) is 11.8. The minimum absolute atomic E-state index is 0.0522. The number of amides is 2. The van der Waals surface area contributed by atoms with E-state index in [2.05, 4.69) is 10.6 Å². The topological polar surface area (TPSA) is 111 Å². The molecule has 0 aliphatic carbocycles. The monoisotopic (exact) mass is 440 g/mol. The molecule has 0 aliphatic rings. The number of anilines is 2. The van der Waals surface area contributed by atoms with Crippen molar-refractivity contribution in [1.29, 1.82) is 0 Å². The highest BCUT2D eigenvalue weighted by atomic mass is 16.5. The predicted molar refractivity (Wildman–Crippen MR) is 120 cm³/mol. The van der Waals surface area contributed by atoms with Crippen LogP contribution < -0.4 is 10.6 Å². The van der Waals surface area contributed by atoms with Gasteiger partial charge in [-0.1, -0.05) is 24.6 Å². The van der Waals surface area contributed by atoms with E-state index in [1.54, 1.807) is 12.1 Å². The second-order valence-electron chi connectivity index (χ2n) is 7.29. The number of hydrogen-bond donors (Lipinski definition) is 2. The lowest BCUT2D eigenvalue weighted by molar-refractivity contribution is -0.147. The molecule has 0 bridgehead atoms. The fourth-order valence-electron chi connectivity index (χ4n) is 2.77. The largest absolute Gasteiger partial charge is 0.462 e. The smallest absolute Gasteiger partial charge is 0.338 e. The first kappa shape index (κ1) is 24.6. The van der Waals surface area contributed by atoms with Crippen molar-refractivity contribution >= 4 is 35.1 Å². The molecule has 0 saturated heterocycles. The average Bonchev–Trinajstić information content (AvgIpc) is 2.77. The van der Waals surface area contributed by atoms with Crippen molar-refractivity contribution in [3.63, 3.8) is 0 Å². The van der Waals surface area contributed by atoms with Crippen molar-refractivity contribution < 1.29 is 28.7 Å². The summed E-state index contributed by atoms with van der Waals surface area (Å²) in [5, 5.41) is 5.32. The second kappa shape index (κ2) is 12.2. The zero-order valence-electron chi connectivity index (χ0n) is 18.5. The molecule has 2 aromatic carbocycles. The highest BCUT2D eigenvalue weighted by Gasteiger charge is 2.12. The molecule has 0 unspecified atom stereocenters. The van der Waals surface area contributed by atoms with Gasteiger partial charge in [0.2, 0.25) is 5.91 Å². The van der Waals surface area contributed by atoms with Crippen molar-refractivity contribution in [2.24, 2.45) is 0 Å². The summed E-state index contributed by atoms with van der Waals surface area (Å²) in [6.45, 7) is 5.62. The van der Waals surface area contributed by atoms with Gasteiger partial charge in [-0.15, -0.1) is 0 Å².